The van der Waals surface area contributed by atoms with E-state index < -0.39 is 0 Å². The number of carbonyl (C=O) groups is 2. The number of aryl methyl sites for hydroxylation is 2. The number of anilines is 2. The van der Waals surface area contributed by atoms with Gasteiger partial charge < -0.3 is 5.32 Å². The number of hydrogen-bond donors (Lipinski definition) is 2. The largest absolute Gasteiger partial charge is 0.326 e. The van der Waals surface area contributed by atoms with Gasteiger partial charge in [0.15, 0.2) is 0 Å². The zero-order valence-electron chi connectivity index (χ0n) is 12.9. The van der Waals surface area contributed by atoms with E-state index >= 15 is 0 Å². The van der Waals surface area contributed by atoms with Crippen LogP contribution in [0.4, 0.5) is 10.8 Å². The third-order valence-electron chi connectivity index (χ3n) is 3.64. The first-order valence-electron chi connectivity index (χ1n) is 7.72. The summed E-state index contributed by atoms with van der Waals surface area (Å²) < 4.78 is 0. The molecule has 2 N–H and O–H groups in total. The Morgan fingerprint density at radius 2 is 2.22 bits per heavy atom. The number of fused-ring (bicyclic) bond motifs is 1. The Labute approximate surface area is 138 Å². The molecule has 1 aromatic heterocycles. The van der Waals surface area contributed by atoms with Crippen molar-refractivity contribution in [2.75, 3.05) is 10.6 Å². The number of amides is 2. The molecule has 0 aliphatic carbocycles. The molecule has 0 fully saturated rings. The van der Waals surface area contributed by atoms with Gasteiger partial charge in [-0.1, -0.05) is 18.3 Å². The third kappa shape index (κ3) is 3.73. The maximum atomic E-state index is 12.4. The van der Waals surface area contributed by atoms with Gasteiger partial charge in [-0.2, -0.15) is 0 Å². The minimum atomic E-state index is -0.206. The second-order valence-corrected chi connectivity index (χ2v) is 6.54. The molecule has 1 aliphatic rings. The predicted molar refractivity (Wildman–Crippen MR) is 89.9 cm³/mol. The number of rotatable bonds is 4. The summed E-state index contributed by atoms with van der Waals surface area (Å²) in [5, 5.41) is 15.1. The highest BCUT2D eigenvalue weighted by molar-refractivity contribution is 7.15. The van der Waals surface area contributed by atoms with Gasteiger partial charge in [0.1, 0.15) is 5.01 Å². The van der Waals surface area contributed by atoms with Crippen LogP contribution in [0.1, 0.15) is 47.1 Å². The van der Waals surface area contributed by atoms with E-state index in [1.807, 2.05) is 6.07 Å². The minimum absolute atomic E-state index is 0.0262. The van der Waals surface area contributed by atoms with Crippen molar-refractivity contribution in [1.82, 2.24) is 10.2 Å². The topological polar surface area (TPSA) is 84.0 Å². The highest BCUT2D eigenvalue weighted by Gasteiger charge is 2.16. The molecule has 120 valence electrons. The van der Waals surface area contributed by atoms with Crippen LogP contribution in [0.5, 0.6) is 0 Å². The first-order chi connectivity index (χ1) is 11.2. The van der Waals surface area contributed by atoms with Crippen molar-refractivity contribution < 1.29 is 9.59 Å². The van der Waals surface area contributed by atoms with Crippen LogP contribution in [-0.2, 0) is 17.6 Å². The Balaban J connectivity index is 1.74. The van der Waals surface area contributed by atoms with E-state index in [4.69, 9.17) is 0 Å². The van der Waals surface area contributed by atoms with E-state index in [-0.39, 0.29) is 11.8 Å². The Bertz CT molecular complexity index is 741. The zero-order chi connectivity index (χ0) is 16.2. The van der Waals surface area contributed by atoms with Gasteiger partial charge in [0, 0.05) is 24.1 Å². The smallest absolute Gasteiger partial charge is 0.257 e. The molecule has 0 saturated heterocycles. The lowest BCUT2D eigenvalue weighted by atomic mass is 10.0. The maximum absolute atomic E-state index is 12.4. The van der Waals surface area contributed by atoms with Crippen LogP contribution in [0.25, 0.3) is 0 Å². The van der Waals surface area contributed by atoms with Crippen molar-refractivity contribution in [3.63, 3.8) is 0 Å². The van der Waals surface area contributed by atoms with Gasteiger partial charge >= 0.3 is 0 Å². The summed E-state index contributed by atoms with van der Waals surface area (Å²) in [6, 6.07) is 5.34. The summed E-state index contributed by atoms with van der Waals surface area (Å²) >= 11 is 1.40. The maximum Gasteiger partial charge on any atom is 0.257 e. The molecule has 0 atom stereocenters. The van der Waals surface area contributed by atoms with E-state index in [1.54, 1.807) is 12.1 Å². The molecule has 7 heteroatoms. The van der Waals surface area contributed by atoms with Crippen molar-refractivity contribution in [3.8, 4) is 0 Å². The quantitative estimate of drug-likeness (QED) is 0.902. The molecule has 0 saturated carbocycles. The van der Waals surface area contributed by atoms with Crippen molar-refractivity contribution >= 4 is 34.0 Å². The fourth-order valence-corrected chi connectivity index (χ4v) is 3.34. The van der Waals surface area contributed by atoms with Crippen molar-refractivity contribution in [3.05, 3.63) is 34.3 Å². The molecule has 2 amide bonds. The molecule has 1 aromatic carbocycles. The van der Waals surface area contributed by atoms with Gasteiger partial charge in [-0.15, -0.1) is 10.2 Å². The zero-order valence-corrected chi connectivity index (χ0v) is 13.7. The molecule has 23 heavy (non-hydrogen) atoms. The summed E-state index contributed by atoms with van der Waals surface area (Å²) in [7, 11) is 0. The fourth-order valence-electron chi connectivity index (χ4n) is 2.50. The minimum Gasteiger partial charge on any atom is -0.326 e. The molecular formula is C16H18N4O2S. The molecule has 1 aliphatic heterocycles. The fraction of sp³-hybridized carbons (Fsp3) is 0.375. The van der Waals surface area contributed by atoms with Gasteiger partial charge in [0.25, 0.3) is 5.91 Å². The lowest BCUT2D eigenvalue weighted by molar-refractivity contribution is -0.116. The first kappa shape index (κ1) is 15.6. The molecule has 6 nitrogen and oxygen atoms in total. The predicted octanol–water partition coefficient (Wildman–Crippen LogP) is 3.02. The summed E-state index contributed by atoms with van der Waals surface area (Å²) in [5.74, 6) is -0.180. The highest BCUT2D eigenvalue weighted by Crippen LogP contribution is 2.24. The van der Waals surface area contributed by atoms with Crippen molar-refractivity contribution in [1.29, 1.82) is 0 Å². The SMILES string of the molecule is CCCc1nnc(NC(=O)c2ccc3c(c2)CCCC(=O)N3)s1. The Hall–Kier alpha value is -2.28. The number of nitrogens with zero attached hydrogens (tertiary/aromatic N) is 2. The standard InChI is InChI=1S/C16H18N4O2S/c1-2-4-14-19-20-16(23-14)18-15(22)11-7-8-12-10(9-11)5-3-6-13(21)17-12/h7-9H,2-6H2,1H3,(H,17,21)(H,18,20,22). The lowest BCUT2D eigenvalue weighted by Gasteiger charge is -2.08. The summed E-state index contributed by atoms with van der Waals surface area (Å²) in [5.41, 5.74) is 2.35. The Morgan fingerprint density at radius 3 is 3.04 bits per heavy atom. The van der Waals surface area contributed by atoms with Gasteiger partial charge in [-0.25, -0.2) is 0 Å². The number of carbonyl (C=O) groups excluding carboxylic acids is 2. The molecule has 0 radical (unpaired) electrons. The molecule has 2 heterocycles. The van der Waals surface area contributed by atoms with E-state index in [9.17, 15) is 9.59 Å². The van der Waals surface area contributed by atoms with Crippen molar-refractivity contribution in [2.45, 2.75) is 39.0 Å². The molecular weight excluding hydrogens is 312 g/mol. The van der Waals surface area contributed by atoms with Crippen LogP contribution >= 0.6 is 11.3 Å². The second-order valence-electron chi connectivity index (χ2n) is 5.48. The van der Waals surface area contributed by atoms with Crippen LogP contribution in [-0.4, -0.2) is 22.0 Å². The molecule has 0 bridgehead atoms. The van der Waals surface area contributed by atoms with Crippen molar-refractivity contribution in [2.24, 2.45) is 0 Å². The molecule has 3 rings (SSSR count). The molecule has 0 unspecified atom stereocenters. The average Bonchev–Trinajstić information content (AvgIpc) is 2.87. The van der Waals surface area contributed by atoms with E-state index in [0.717, 1.165) is 41.9 Å². The van der Waals surface area contributed by atoms with Gasteiger partial charge in [-0.05, 0) is 43.0 Å². The van der Waals surface area contributed by atoms with E-state index in [0.29, 0.717) is 17.1 Å². The van der Waals surface area contributed by atoms with Crippen LogP contribution in [0.15, 0.2) is 18.2 Å². The normalized spacial score (nSPS) is 13.9. The van der Waals surface area contributed by atoms with E-state index in [2.05, 4.69) is 27.8 Å². The summed E-state index contributed by atoms with van der Waals surface area (Å²) in [6.07, 6.45) is 3.96. The van der Waals surface area contributed by atoms with Gasteiger partial charge in [0.2, 0.25) is 11.0 Å². The van der Waals surface area contributed by atoms with Gasteiger partial charge in [0.05, 0.1) is 0 Å². The highest BCUT2D eigenvalue weighted by atomic mass is 32.1. The van der Waals surface area contributed by atoms with Crippen LogP contribution in [0.3, 0.4) is 0 Å². The monoisotopic (exact) mass is 330 g/mol. The molecule has 0 spiro atoms. The van der Waals surface area contributed by atoms with Crippen LogP contribution in [0.2, 0.25) is 0 Å². The second kappa shape index (κ2) is 6.87. The Kier molecular flexibility index (Phi) is 4.66. The number of aromatic nitrogens is 2. The lowest BCUT2D eigenvalue weighted by Crippen LogP contribution is -2.13. The molecule has 2 aromatic rings. The number of hydrogen-bond acceptors (Lipinski definition) is 5. The number of nitrogens with one attached hydrogen (secondary N) is 2. The van der Waals surface area contributed by atoms with E-state index in [1.165, 1.54) is 11.3 Å². The first-order valence-corrected chi connectivity index (χ1v) is 8.54. The Morgan fingerprint density at radius 1 is 1.35 bits per heavy atom. The summed E-state index contributed by atoms with van der Waals surface area (Å²) in [6.45, 7) is 2.08. The third-order valence-corrected chi connectivity index (χ3v) is 4.54. The number of benzene rings is 1. The average molecular weight is 330 g/mol. The van der Waals surface area contributed by atoms with Gasteiger partial charge in [-0.3, -0.25) is 14.9 Å². The van der Waals surface area contributed by atoms with Crippen LogP contribution in [0, 0.1) is 0 Å². The van der Waals surface area contributed by atoms with Crippen LogP contribution < -0.4 is 10.6 Å². The summed E-state index contributed by atoms with van der Waals surface area (Å²) in [4.78, 5) is 23.9.